The Labute approximate surface area is 337 Å². The topological polar surface area (TPSA) is 125 Å². The van der Waals surface area contributed by atoms with Gasteiger partial charge < -0.3 is 20.4 Å². The zero-order chi connectivity index (χ0) is 39.8. The summed E-state index contributed by atoms with van der Waals surface area (Å²) in [4.78, 5) is 66.5. The maximum Gasteiger partial charge on any atom is 0.273 e. The fraction of sp³-hybridized carbons (Fsp3) is 0.167. The van der Waals surface area contributed by atoms with E-state index in [4.69, 9.17) is 0 Å². The van der Waals surface area contributed by atoms with Gasteiger partial charge in [0, 0.05) is 48.0 Å². The number of hydrogen-bond acceptors (Lipinski definition) is 6. The average Bonchev–Trinajstić information content (AvgIpc) is 3.99. The van der Waals surface area contributed by atoms with Crippen LogP contribution < -0.4 is 10.6 Å². The minimum absolute atomic E-state index is 0.226. The molecule has 2 N–H and O–H groups in total. The lowest BCUT2D eigenvalue weighted by atomic mass is 10.0. The van der Waals surface area contributed by atoms with Crippen molar-refractivity contribution in [1.29, 1.82) is 0 Å². The minimum Gasteiger partial charge on any atom is -0.325 e. The number of amides is 4. The number of carbonyl (C=O) groups excluding carboxylic acids is 4. The van der Waals surface area contributed by atoms with Crippen LogP contribution >= 0.6 is 0 Å². The molecule has 2 aromatic heterocycles. The standard InChI is InChI=1S/C48H42N6O4/c55-45(41-17-9-31-53(41)47(57)43-39(15-7-29-49-43)35-11-3-1-4-12-35)51-37-25-21-33(22-26-37)19-20-34-23-27-38(28-24-34)52-46(56)42-18-10-32-54(42)48(58)44-40(16-8-30-50-44)36-13-5-2-6-14-36/h1-8,11-16,19-30,41-42H,9-10,17-18,31-32H2,(H,51,55)(H,52,56)/t41-,42-/m0/s1. The summed E-state index contributed by atoms with van der Waals surface area (Å²) in [7, 11) is 0. The molecule has 4 amide bonds. The Balaban J connectivity index is 0.856. The number of rotatable bonds is 10. The smallest absolute Gasteiger partial charge is 0.273 e. The first kappa shape index (κ1) is 37.7. The van der Waals surface area contributed by atoms with Crippen LogP contribution in [0.3, 0.4) is 0 Å². The van der Waals surface area contributed by atoms with Gasteiger partial charge in [-0.15, -0.1) is 0 Å². The van der Waals surface area contributed by atoms with E-state index in [1.807, 2.05) is 146 Å². The van der Waals surface area contributed by atoms with Crippen molar-refractivity contribution in [1.82, 2.24) is 19.8 Å². The number of nitrogens with one attached hydrogen (secondary N) is 2. The molecule has 288 valence electrons. The summed E-state index contributed by atoms with van der Waals surface area (Å²) in [5, 5.41) is 6.00. The van der Waals surface area contributed by atoms with Gasteiger partial charge in [0.1, 0.15) is 23.5 Å². The van der Waals surface area contributed by atoms with E-state index in [1.165, 1.54) is 0 Å². The SMILES string of the molecule is O=C(Nc1ccc(C=Cc2ccc(NC(=O)[C@@H]3CCCN3C(=O)c3ncccc3-c3ccccc3)cc2)cc1)[C@@H]1CCCN1C(=O)c1ncccc1-c1ccccc1. The molecule has 0 spiro atoms. The largest absolute Gasteiger partial charge is 0.325 e. The molecule has 0 aliphatic carbocycles. The third-order valence-corrected chi connectivity index (χ3v) is 10.6. The van der Waals surface area contributed by atoms with Gasteiger partial charge in [0.25, 0.3) is 11.8 Å². The number of pyridine rings is 2. The highest BCUT2D eigenvalue weighted by Gasteiger charge is 2.37. The van der Waals surface area contributed by atoms with Crippen molar-refractivity contribution < 1.29 is 19.2 Å². The van der Waals surface area contributed by atoms with Crippen molar-refractivity contribution in [3.8, 4) is 22.3 Å². The van der Waals surface area contributed by atoms with E-state index in [0.717, 1.165) is 46.2 Å². The monoisotopic (exact) mass is 766 g/mol. The quantitative estimate of drug-likeness (QED) is 0.135. The number of benzene rings is 4. The highest BCUT2D eigenvalue weighted by molar-refractivity contribution is 6.05. The summed E-state index contributed by atoms with van der Waals surface area (Å²) in [5.74, 6) is -0.953. The Hall–Kier alpha value is -7.20. The fourth-order valence-corrected chi connectivity index (χ4v) is 7.69. The maximum atomic E-state index is 13.7. The van der Waals surface area contributed by atoms with Gasteiger partial charge >= 0.3 is 0 Å². The molecule has 2 saturated heterocycles. The molecule has 0 unspecified atom stereocenters. The zero-order valence-corrected chi connectivity index (χ0v) is 31.8. The van der Waals surface area contributed by atoms with Crippen LogP contribution in [-0.4, -0.2) is 68.6 Å². The number of carbonyl (C=O) groups is 4. The van der Waals surface area contributed by atoms with Crippen LogP contribution in [0.4, 0.5) is 11.4 Å². The van der Waals surface area contributed by atoms with Crippen molar-refractivity contribution in [2.45, 2.75) is 37.8 Å². The van der Waals surface area contributed by atoms with Crippen molar-refractivity contribution >= 4 is 47.2 Å². The zero-order valence-electron chi connectivity index (χ0n) is 31.8. The summed E-state index contributed by atoms with van der Waals surface area (Å²) >= 11 is 0. The first-order chi connectivity index (χ1) is 28.4. The molecule has 2 fully saturated rings. The van der Waals surface area contributed by atoms with E-state index in [1.54, 1.807) is 22.2 Å². The second-order valence-corrected chi connectivity index (χ2v) is 14.4. The highest BCUT2D eigenvalue weighted by Crippen LogP contribution is 2.29. The Morgan fingerprint density at radius 3 is 1.29 bits per heavy atom. The van der Waals surface area contributed by atoms with Crippen LogP contribution in [0.2, 0.25) is 0 Å². The first-order valence-electron chi connectivity index (χ1n) is 19.6. The fourth-order valence-electron chi connectivity index (χ4n) is 7.69. The lowest BCUT2D eigenvalue weighted by Gasteiger charge is -2.24. The van der Waals surface area contributed by atoms with Crippen molar-refractivity contribution in [3.05, 3.63) is 168 Å². The number of hydrogen-bond donors (Lipinski definition) is 2. The van der Waals surface area contributed by atoms with E-state index >= 15 is 0 Å². The Bertz CT molecular complexity index is 2280. The van der Waals surface area contributed by atoms with E-state index < -0.39 is 12.1 Å². The average molecular weight is 767 g/mol. The molecule has 10 nitrogen and oxygen atoms in total. The molecular formula is C48H42N6O4. The molecule has 4 aromatic carbocycles. The van der Waals surface area contributed by atoms with Gasteiger partial charge in [0.15, 0.2) is 0 Å². The van der Waals surface area contributed by atoms with Gasteiger partial charge in [0.2, 0.25) is 11.8 Å². The van der Waals surface area contributed by atoms with Crippen LogP contribution in [0.15, 0.2) is 146 Å². The molecule has 0 bridgehead atoms. The molecule has 10 heteroatoms. The molecule has 0 saturated carbocycles. The van der Waals surface area contributed by atoms with E-state index in [-0.39, 0.29) is 23.6 Å². The second-order valence-electron chi connectivity index (χ2n) is 14.4. The van der Waals surface area contributed by atoms with Gasteiger partial charge in [-0.3, -0.25) is 29.1 Å². The summed E-state index contributed by atoms with van der Waals surface area (Å²) < 4.78 is 0. The van der Waals surface area contributed by atoms with Crippen molar-refractivity contribution in [2.75, 3.05) is 23.7 Å². The highest BCUT2D eigenvalue weighted by atomic mass is 16.2. The predicted molar refractivity (Wildman–Crippen MR) is 227 cm³/mol. The molecular weight excluding hydrogens is 725 g/mol. The van der Waals surface area contributed by atoms with Gasteiger partial charge in [-0.1, -0.05) is 109 Å². The minimum atomic E-state index is -0.593. The normalized spacial score (nSPS) is 16.3. The second kappa shape index (κ2) is 17.3. The molecule has 0 radical (unpaired) electrons. The van der Waals surface area contributed by atoms with E-state index in [0.29, 0.717) is 48.7 Å². The number of likely N-dealkylation sites (tertiary alicyclic amines) is 2. The molecule has 4 heterocycles. The lowest BCUT2D eigenvalue weighted by molar-refractivity contribution is -0.120. The van der Waals surface area contributed by atoms with Gasteiger partial charge in [-0.2, -0.15) is 0 Å². The Morgan fingerprint density at radius 1 is 0.500 bits per heavy atom. The summed E-state index contributed by atoms with van der Waals surface area (Å²) in [6.45, 7) is 0.976. The van der Waals surface area contributed by atoms with E-state index in [2.05, 4.69) is 20.6 Å². The summed E-state index contributed by atoms with van der Waals surface area (Å²) in [5.41, 5.74) is 7.12. The molecule has 2 aliphatic rings. The van der Waals surface area contributed by atoms with Crippen LogP contribution in [0.1, 0.15) is 57.8 Å². The third-order valence-electron chi connectivity index (χ3n) is 10.6. The molecule has 6 aromatic rings. The molecule has 58 heavy (non-hydrogen) atoms. The molecule has 2 atom stereocenters. The first-order valence-corrected chi connectivity index (χ1v) is 19.6. The van der Waals surface area contributed by atoms with E-state index in [9.17, 15) is 19.2 Å². The van der Waals surface area contributed by atoms with Crippen molar-refractivity contribution in [2.24, 2.45) is 0 Å². The Morgan fingerprint density at radius 2 is 0.897 bits per heavy atom. The van der Waals surface area contributed by atoms with Crippen molar-refractivity contribution in [3.63, 3.8) is 0 Å². The third kappa shape index (κ3) is 8.31. The number of aromatic nitrogens is 2. The van der Waals surface area contributed by atoms with Crippen LogP contribution in [0.5, 0.6) is 0 Å². The maximum absolute atomic E-state index is 13.7. The summed E-state index contributed by atoms with van der Waals surface area (Å²) in [6.07, 6.45) is 9.78. The van der Waals surface area contributed by atoms with Gasteiger partial charge in [-0.25, -0.2) is 0 Å². The predicted octanol–water partition coefficient (Wildman–Crippen LogP) is 8.47. The molecule has 2 aliphatic heterocycles. The summed E-state index contributed by atoms with van der Waals surface area (Å²) in [6, 6.07) is 40.6. The van der Waals surface area contributed by atoms with Crippen LogP contribution in [0, 0.1) is 0 Å². The molecule has 8 rings (SSSR count). The van der Waals surface area contributed by atoms with Crippen LogP contribution in [-0.2, 0) is 9.59 Å². The van der Waals surface area contributed by atoms with Gasteiger partial charge in [0.05, 0.1) is 0 Å². The lowest BCUT2D eigenvalue weighted by Crippen LogP contribution is -2.43. The number of anilines is 2. The Kier molecular flexibility index (Phi) is 11.2. The van der Waals surface area contributed by atoms with Gasteiger partial charge in [-0.05, 0) is 84.3 Å². The number of nitrogens with zero attached hydrogens (tertiary/aromatic N) is 4. The van der Waals surface area contributed by atoms with Crippen LogP contribution in [0.25, 0.3) is 34.4 Å².